The van der Waals surface area contributed by atoms with Crippen LogP contribution in [0.1, 0.15) is 21.6 Å². The summed E-state index contributed by atoms with van der Waals surface area (Å²) in [7, 11) is 0. The Bertz CT molecular complexity index is 551. The molecule has 0 aliphatic rings. The average molecular weight is 337 g/mol. The van der Waals surface area contributed by atoms with E-state index >= 15 is 0 Å². The van der Waals surface area contributed by atoms with E-state index in [1.54, 1.807) is 6.20 Å². The third kappa shape index (κ3) is 2.91. The predicted octanol–water partition coefficient (Wildman–Crippen LogP) is 3.42. The van der Waals surface area contributed by atoms with Gasteiger partial charge in [0, 0.05) is 15.3 Å². The number of nitrogens with zero attached hydrogens (tertiary/aromatic N) is 1. The van der Waals surface area contributed by atoms with Crippen LogP contribution in [0.5, 0.6) is 0 Å². The molecule has 0 radical (unpaired) electrons. The fraction of sp³-hybridized carbons (Fsp3) is 0.143. The van der Waals surface area contributed by atoms with E-state index in [1.165, 1.54) is 0 Å². The van der Waals surface area contributed by atoms with Crippen LogP contribution in [0.25, 0.3) is 0 Å². The highest BCUT2D eigenvalue weighted by Gasteiger charge is 2.11. The van der Waals surface area contributed by atoms with E-state index in [0.717, 1.165) is 20.4 Å². The second-order valence-corrected chi connectivity index (χ2v) is 5.01. The van der Waals surface area contributed by atoms with Crippen LogP contribution in [0.3, 0.4) is 0 Å². The maximum absolute atomic E-state index is 12.1. The molecule has 0 bridgehead atoms. The standard InChI is InChI=1S/C14H12INO/c1-10-5-4-8-16-13(10)9-14(17)11-6-2-3-7-12(11)15/h2-8H,9H2,1H3. The van der Waals surface area contributed by atoms with Crippen molar-refractivity contribution in [2.75, 3.05) is 0 Å². The van der Waals surface area contributed by atoms with Crippen LogP contribution < -0.4 is 0 Å². The molecule has 0 amide bonds. The lowest BCUT2D eigenvalue weighted by Gasteiger charge is -2.05. The van der Waals surface area contributed by atoms with Crippen molar-refractivity contribution < 1.29 is 4.79 Å². The molecule has 0 aliphatic carbocycles. The SMILES string of the molecule is Cc1cccnc1CC(=O)c1ccccc1I. The number of aromatic nitrogens is 1. The van der Waals surface area contributed by atoms with Gasteiger partial charge in [-0.3, -0.25) is 9.78 Å². The first kappa shape index (κ1) is 12.2. The number of Topliss-reactive ketones (excluding diaryl/α,β-unsaturated/α-hetero) is 1. The molecule has 86 valence electrons. The van der Waals surface area contributed by atoms with Gasteiger partial charge in [-0.15, -0.1) is 0 Å². The highest BCUT2D eigenvalue weighted by atomic mass is 127. The number of benzene rings is 1. The van der Waals surface area contributed by atoms with Gasteiger partial charge in [-0.25, -0.2) is 0 Å². The minimum atomic E-state index is 0.122. The average Bonchev–Trinajstić information content (AvgIpc) is 2.32. The number of pyridine rings is 1. The quantitative estimate of drug-likeness (QED) is 0.635. The summed E-state index contributed by atoms with van der Waals surface area (Å²) in [5.74, 6) is 0.122. The van der Waals surface area contributed by atoms with Gasteiger partial charge in [0.15, 0.2) is 5.78 Å². The molecule has 0 saturated heterocycles. The number of halogens is 1. The first-order chi connectivity index (χ1) is 8.18. The third-order valence-electron chi connectivity index (χ3n) is 2.62. The Balaban J connectivity index is 2.24. The summed E-state index contributed by atoms with van der Waals surface area (Å²) in [5, 5.41) is 0. The fourth-order valence-electron chi connectivity index (χ4n) is 1.64. The van der Waals surface area contributed by atoms with Crippen LogP contribution in [-0.4, -0.2) is 10.8 Å². The number of hydrogen-bond acceptors (Lipinski definition) is 2. The summed E-state index contributed by atoms with van der Waals surface area (Å²) in [6.07, 6.45) is 2.10. The monoisotopic (exact) mass is 337 g/mol. The summed E-state index contributed by atoms with van der Waals surface area (Å²) in [4.78, 5) is 16.4. The van der Waals surface area contributed by atoms with Crippen molar-refractivity contribution in [1.82, 2.24) is 4.98 Å². The van der Waals surface area contributed by atoms with Crippen LogP contribution in [0.15, 0.2) is 42.6 Å². The molecule has 0 atom stereocenters. The zero-order valence-corrected chi connectivity index (χ0v) is 11.6. The van der Waals surface area contributed by atoms with Gasteiger partial charge in [-0.1, -0.05) is 24.3 Å². The minimum absolute atomic E-state index is 0.122. The number of hydrogen-bond donors (Lipinski definition) is 0. The number of carbonyl (C=O) groups is 1. The molecule has 1 heterocycles. The van der Waals surface area contributed by atoms with Crippen LogP contribution in [0, 0.1) is 10.5 Å². The lowest BCUT2D eigenvalue weighted by molar-refractivity contribution is 0.0991. The van der Waals surface area contributed by atoms with Crippen molar-refractivity contribution in [2.24, 2.45) is 0 Å². The molecular formula is C14H12INO. The van der Waals surface area contributed by atoms with Crippen LogP contribution in [0.4, 0.5) is 0 Å². The summed E-state index contributed by atoms with van der Waals surface area (Å²) >= 11 is 2.19. The molecule has 2 aromatic rings. The first-order valence-electron chi connectivity index (χ1n) is 5.36. The summed E-state index contributed by atoms with van der Waals surface area (Å²) in [6.45, 7) is 1.98. The summed E-state index contributed by atoms with van der Waals surface area (Å²) < 4.78 is 0.990. The van der Waals surface area contributed by atoms with Gasteiger partial charge in [0.1, 0.15) is 0 Å². The Morgan fingerprint density at radius 3 is 2.71 bits per heavy atom. The maximum Gasteiger partial charge on any atom is 0.169 e. The van der Waals surface area contributed by atoms with E-state index in [4.69, 9.17) is 0 Å². The Hall–Kier alpha value is -1.23. The van der Waals surface area contributed by atoms with E-state index in [0.29, 0.717) is 6.42 Å². The van der Waals surface area contributed by atoms with Crippen LogP contribution in [0.2, 0.25) is 0 Å². The zero-order valence-electron chi connectivity index (χ0n) is 9.48. The first-order valence-corrected chi connectivity index (χ1v) is 6.44. The molecule has 0 unspecified atom stereocenters. The van der Waals surface area contributed by atoms with Gasteiger partial charge >= 0.3 is 0 Å². The van der Waals surface area contributed by atoms with Gasteiger partial charge < -0.3 is 0 Å². The second kappa shape index (κ2) is 5.40. The number of rotatable bonds is 3. The van der Waals surface area contributed by atoms with Crippen LogP contribution >= 0.6 is 22.6 Å². The molecule has 0 N–H and O–H groups in total. The molecular weight excluding hydrogens is 325 g/mol. The van der Waals surface area contributed by atoms with Crippen molar-refractivity contribution >= 4 is 28.4 Å². The van der Waals surface area contributed by atoms with Gasteiger partial charge in [-0.2, -0.15) is 0 Å². The van der Waals surface area contributed by atoms with E-state index in [1.807, 2.05) is 43.3 Å². The molecule has 1 aromatic heterocycles. The molecule has 2 nitrogen and oxygen atoms in total. The smallest absolute Gasteiger partial charge is 0.169 e. The molecule has 2 rings (SSSR count). The summed E-state index contributed by atoms with van der Waals surface area (Å²) in [5.41, 5.74) is 2.70. The number of ketones is 1. The molecule has 1 aromatic carbocycles. The Labute approximate surface area is 114 Å². The maximum atomic E-state index is 12.1. The molecule has 3 heteroatoms. The predicted molar refractivity (Wildman–Crippen MR) is 76.2 cm³/mol. The molecule has 0 saturated carbocycles. The fourth-order valence-corrected chi connectivity index (χ4v) is 2.33. The largest absolute Gasteiger partial charge is 0.294 e. The Morgan fingerprint density at radius 2 is 2.00 bits per heavy atom. The van der Waals surface area contributed by atoms with Crippen molar-refractivity contribution in [3.05, 3.63) is 63.0 Å². The molecule has 17 heavy (non-hydrogen) atoms. The van der Waals surface area contributed by atoms with Crippen molar-refractivity contribution in [3.63, 3.8) is 0 Å². The minimum Gasteiger partial charge on any atom is -0.294 e. The van der Waals surface area contributed by atoms with E-state index in [2.05, 4.69) is 27.6 Å². The van der Waals surface area contributed by atoms with Gasteiger partial charge in [0.2, 0.25) is 0 Å². The Kier molecular flexibility index (Phi) is 3.89. The lowest BCUT2D eigenvalue weighted by Crippen LogP contribution is -2.08. The molecule has 0 aliphatic heterocycles. The zero-order chi connectivity index (χ0) is 12.3. The van der Waals surface area contributed by atoms with Crippen molar-refractivity contribution in [3.8, 4) is 0 Å². The molecule has 0 spiro atoms. The highest BCUT2D eigenvalue weighted by molar-refractivity contribution is 14.1. The normalized spacial score (nSPS) is 10.2. The topological polar surface area (TPSA) is 30.0 Å². The third-order valence-corrected chi connectivity index (χ3v) is 3.56. The van der Waals surface area contributed by atoms with Crippen molar-refractivity contribution in [2.45, 2.75) is 13.3 Å². The summed E-state index contributed by atoms with van der Waals surface area (Å²) in [6, 6.07) is 11.5. The van der Waals surface area contributed by atoms with Crippen LogP contribution in [-0.2, 0) is 6.42 Å². The van der Waals surface area contributed by atoms with E-state index in [-0.39, 0.29) is 5.78 Å². The second-order valence-electron chi connectivity index (χ2n) is 3.85. The Morgan fingerprint density at radius 1 is 1.24 bits per heavy atom. The van der Waals surface area contributed by atoms with Crippen molar-refractivity contribution in [1.29, 1.82) is 0 Å². The number of aryl methyl sites for hydroxylation is 1. The van der Waals surface area contributed by atoms with E-state index in [9.17, 15) is 4.79 Å². The van der Waals surface area contributed by atoms with E-state index < -0.39 is 0 Å². The number of carbonyl (C=O) groups excluding carboxylic acids is 1. The van der Waals surface area contributed by atoms with Gasteiger partial charge in [-0.05, 0) is 47.2 Å². The molecule has 0 fully saturated rings. The lowest BCUT2D eigenvalue weighted by atomic mass is 10.0. The van der Waals surface area contributed by atoms with Gasteiger partial charge in [0.25, 0.3) is 0 Å². The highest BCUT2D eigenvalue weighted by Crippen LogP contribution is 2.15. The van der Waals surface area contributed by atoms with Gasteiger partial charge in [0.05, 0.1) is 12.1 Å².